The Balaban J connectivity index is 2.64. The van der Waals surface area contributed by atoms with Gasteiger partial charge in [-0.3, -0.25) is 0 Å². The minimum Gasteiger partial charge on any atom is -0.305 e. The smallest absolute Gasteiger partial charge is 0.0486 e. The molecule has 0 fully saturated rings. The molecule has 14 heavy (non-hydrogen) atoms. The normalized spacial score (nSPS) is 13.2. The van der Waals surface area contributed by atoms with Gasteiger partial charge < -0.3 is 4.90 Å². The number of hydrogen-bond acceptors (Lipinski definition) is 1. The van der Waals surface area contributed by atoms with Crippen LogP contribution in [0, 0.1) is 6.92 Å². The van der Waals surface area contributed by atoms with Gasteiger partial charge in [0.2, 0.25) is 0 Å². The lowest BCUT2D eigenvalue weighted by molar-refractivity contribution is 0.358. The predicted molar refractivity (Wildman–Crippen MR) is 71.1 cm³/mol. The maximum atomic E-state index is 2.52. The minimum absolute atomic E-state index is 0.595. The van der Waals surface area contributed by atoms with Crippen molar-refractivity contribution >= 4 is 22.6 Å². The molecule has 0 unspecified atom stereocenters. The van der Waals surface area contributed by atoms with Gasteiger partial charge in [-0.2, -0.15) is 0 Å². The Kier molecular flexibility index (Phi) is 4.89. The first-order chi connectivity index (χ1) is 6.63. The lowest BCUT2D eigenvalue weighted by atomic mass is 10.1. The van der Waals surface area contributed by atoms with Gasteiger partial charge in [0.1, 0.15) is 0 Å². The van der Waals surface area contributed by atoms with E-state index in [0.717, 1.165) is 13.1 Å². The lowest BCUT2D eigenvalue weighted by Gasteiger charge is -2.18. The highest BCUT2D eigenvalue weighted by Crippen LogP contribution is 2.24. The summed E-state index contributed by atoms with van der Waals surface area (Å²) in [5.74, 6) is 0. The van der Waals surface area contributed by atoms with Gasteiger partial charge in [0.15, 0.2) is 0 Å². The van der Waals surface area contributed by atoms with Gasteiger partial charge in [-0.25, -0.2) is 0 Å². The Labute approximate surface area is 101 Å². The van der Waals surface area contributed by atoms with Crippen molar-refractivity contribution in [2.24, 2.45) is 0 Å². The first kappa shape index (κ1) is 12.0. The molecule has 1 aromatic rings. The lowest BCUT2D eigenvalue weighted by Crippen LogP contribution is -2.21. The molecule has 0 aliphatic carbocycles. The second-order valence-corrected chi connectivity index (χ2v) is 5.24. The van der Waals surface area contributed by atoms with E-state index in [1.165, 1.54) is 11.1 Å². The summed E-state index contributed by atoms with van der Waals surface area (Å²) in [6, 6.07) is 8.78. The fraction of sp³-hybridized carbons (Fsp3) is 0.500. The van der Waals surface area contributed by atoms with Gasteiger partial charge in [-0.1, -0.05) is 59.3 Å². The van der Waals surface area contributed by atoms with Crippen molar-refractivity contribution in [3.05, 3.63) is 35.4 Å². The number of halogens is 1. The van der Waals surface area contributed by atoms with Crippen LogP contribution in [-0.2, 0) is 0 Å². The van der Waals surface area contributed by atoms with Crippen LogP contribution in [0.5, 0.6) is 0 Å². The summed E-state index contributed by atoms with van der Waals surface area (Å²) in [5, 5.41) is 0. The number of aryl methyl sites for hydroxylation is 1. The topological polar surface area (TPSA) is 3.24 Å². The minimum atomic E-state index is 0.595. The second kappa shape index (κ2) is 5.71. The third-order valence-corrected chi connectivity index (χ3v) is 3.53. The Bertz CT molecular complexity index is 285. The van der Waals surface area contributed by atoms with Crippen molar-refractivity contribution < 1.29 is 0 Å². The first-order valence-corrected chi connectivity index (χ1v) is 6.27. The molecule has 1 rings (SSSR count). The molecular weight excluding hydrogens is 285 g/mol. The van der Waals surface area contributed by atoms with E-state index < -0.39 is 0 Å². The highest BCUT2D eigenvalue weighted by atomic mass is 127. The van der Waals surface area contributed by atoms with E-state index in [0.29, 0.717) is 3.92 Å². The number of nitrogens with zero attached hydrogens (tertiary/aromatic N) is 1. The van der Waals surface area contributed by atoms with Crippen molar-refractivity contribution in [2.75, 3.05) is 20.1 Å². The molecule has 0 aliphatic heterocycles. The molecule has 0 spiro atoms. The Morgan fingerprint density at radius 2 is 2.14 bits per heavy atom. The highest BCUT2D eigenvalue weighted by Gasteiger charge is 2.08. The molecule has 0 bridgehead atoms. The summed E-state index contributed by atoms with van der Waals surface area (Å²) in [6.45, 7) is 6.59. The maximum absolute atomic E-state index is 2.52. The van der Waals surface area contributed by atoms with E-state index in [-0.39, 0.29) is 0 Å². The molecule has 0 amide bonds. The number of likely N-dealkylation sites (N-methyl/N-ethyl adjacent to an activating group) is 1. The third kappa shape index (κ3) is 3.58. The van der Waals surface area contributed by atoms with Crippen molar-refractivity contribution in [3.8, 4) is 0 Å². The number of alkyl halides is 1. The maximum Gasteiger partial charge on any atom is 0.0486 e. The van der Waals surface area contributed by atoms with Crippen molar-refractivity contribution in [1.82, 2.24) is 4.90 Å². The van der Waals surface area contributed by atoms with Gasteiger partial charge in [0, 0.05) is 10.5 Å². The van der Waals surface area contributed by atoms with Crippen LogP contribution < -0.4 is 0 Å². The van der Waals surface area contributed by atoms with E-state index in [4.69, 9.17) is 0 Å². The molecule has 1 atom stereocenters. The average molecular weight is 303 g/mol. The van der Waals surface area contributed by atoms with Gasteiger partial charge >= 0.3 is 0 Å². The van der Waals surface area contributed by atoms with Gasteiger partial charge in [0.05, 0.1) is 0 Å². The molecule has 78 valence electrons. The molecule has 0 N–H and O–H groups in total. The summed E-state index contributed by atoms with van der Waals surface area (Å²) in [5.41, 5.74) is 2.79. The zero-order chi connectivity index (χ0) is 10.6. The van der Waals surface area contributed by atoms with E-state index in [1.807, 2.05) is 0 Å². The fourth-order valence-corrected chi connectivity index (χ4v) is 2.43. The number of rotatable bonds is 4. The largest absolute Gasteiger partial charge is 0.305 e. The van der Waals surface area contributed by atoms with E-state index in [2.05, 4.69) is 72.7 Å². The quantitative estimate of drug-likeness (QED) is 0.608. The average Bonchev–Trinajstić information content (AvgIpc) is 2.17. The summed E-state index contributed by atoms with van der Waals surface area (Å²) >= 11 is 2.52. The SMILES string of the molecule is CCN(C)C[C@@H](I)c1cccc(C)c1. The van der Waals surface area contributed by atoms with Crippen LogP contribution in [0.4, 0.5) is 0 Å². The van der Waals surface area contributed by atoms with E-state index in [1.54, 1.807) is 0 Å². The number of hydrogen-bond donors (Lipinski definition) is 0. The summed E-state index contributed by atoms with van der Waals surface area (Å²) in [7, 11) is 2.17. The summed E-state index contributed by atoms with van der Waals surface area (Å²) in [6.07, 6.45) is 0. The Hall–Kier alpha value is -0.0900. The van der Waals surface area contributed by atoms with Crippen LogP contribution in [0.15, 0.2) is 24.3 Å². The van der Waals surface area contributed by atoms with Crippen molar-refractivity contribution in [3.63, 3.8) is 0 Å². The molecule has 0 radical (unpaired) electrons. The van der Waals surface area contributed by atoms with Gasteiger partial charge in [0.25, 0.3) is 0 Å². The van der Waals surface area contributed by atoms with Crippen LogP contribution in [-0.4, -0.2) is 25.0 Å². The fourth-order valence-electron chi connectivity index (χ4n) is 1.37. The first-order valence-electron chi connectivity index (χ1n) is 5.02. The molecule has 0 aromatic heterocycles. The molecule has 0 heterocycles. The molecular formula is C12H18IN. The molecule has 1 aromatic carbocycles. The van der Waals surface area contributed by atoms with Crippen LogP contribution in [0.25, 0.3) is 0 Å². The summed E-state index contributed by atoms with van der Waals surface area (Å²) < 4.78 is 0.595. The van der Waals surface area contributed by atoms with Crippen LogP contribution in [0.1, 0.15) is 22.0 Å². The van der Waals surface area contributed by atoms with Gasteiger partial charge in [-0.15, -0.1) is 0 Å². The Morgan fingerprint density at radius 1 is 1.43 bits per heavy atom. The molecule has 2 heteroatoms. The van der Waals surface area contributed by atoms with E-state index in [9.17, 15) is 0 Å². The zero-order valence-electron chi connectivity index (χ0n) is 9.13. The van der Waals surface area contributed by atoms with Crippen molar-refractivity contribution in [2.45, 2.75) is 17.8 Å². The second-order valence-electron chi connectivity index (χ2n) is 3.74. The highest BCUT2D eigenvalue weighted by molar-refractivity contribution is 14.1. The van der Waals surface area contributed by atoms with Crippen LogP contribution >= 0.6 is 22.6 Å². The predicted octanol–water partition coefficient (Wildman–Crippen LogP) is 3.42. The number of benzene rings is 1. The molecule has 0 aliphatic rings. The zero-order valence-corrected chi connectivity index (χ0v) is 11.3. The van der Waals surface area contributed by atoms with Crippen molar-refractivity contribution in [1.29, 1.82) is 0 Å². The Morgan fingerprint density at radius 3 is 2.71 bits per heavy atom. The monoisotopic (exact) mass is 303 g/mol. The third-order valence-electron chi connectivity index (χ3n) is 2.42. The standard InChI is InChI=1S/C12H18IN/c1-4-14(3)9-12(13)11-7-5-6-10(2)8-11/h5-8,12H,4,9H2,1-3H3/t12-/m1/s1. The molecule has 0 saturated carbocycles. The molecule has 1 nitrogen and oxygen atoms in total. The van der Waals surface area contributed by atoms with Crippen LogP contribution in [0.3, 0.4) is 0 Å². The van der Waals surface area contributed by atoms with Gasteiger partial charge in [-0.05, 0) is 26.1 Å². The summed E-state index contributed by atoms with van der Waals surface area (Å²) in [4.78, 5) is 2.35. The van der Waals surface area contributed by atoms with E-state index >= 15 is 0 Å². The molecule has 0 saturated heterocycles. The van der Waals surface area contributed by atoms with Crippen LogP contribution in [0.2, 0.25) is 0 Å².